The largest absolute Gasteiger partial charge is 0.314 e. The summed E-state index contributed by atoms with van der Waals surface area (Å²) in [4.78, 5) is 10.1. The molecule has 3 aliphatic carbocycles. The fraction of sp³-hybridized carbons (Fsp3) is 0.278. The Labute approximate surface area is 604 Å². The molecule has 11 aromatic rings. The third-order valence-electron chi connectivity index (χ3n) is 22.3. The van der Waals surface area contributed by atoms with Gasteiger partial charge in [0.2, 0.25) is 0 Å². The monoisotopic (exact) mass is 1320 g/mol. The van der Waals surface area contributed by atoms with Crippen LogP contribution in [0.1, 0.15) is 231 Å². The van der Waals surface area contributed by atoms with Crippen molar-refractivity contribution in [2.24, 2.45) is 5.92 Å². The van der Waals surface area contributed by atoms with Gasteiger partial charge in [-0.3, -0.25) is 0 Å². The first-order valence-electron chi connectivity index (χ1n) is 37.5. The molecule has 0 fully saturated rings. The smallest absolute Gasteiger partial charge is 0.0544 e. The van der Waals surface area contributed by atoms with E-state index in [1.165, 1.54) is 89.2 Å². The van der Waals surface area contributed by atoms with Gasteiger partial charge in [-0.05, 0) is 277 Å². The van der Waals surface area contributed by atoms with E-state index in [-0.39, 0.29) is 5.92 Å². The molecule has 0 radical (unpaired) electrons. The van der Waals surface area contributed by atoms with Crippen LogP contribution in [0, 0.1) is 5.92 Å². The van der Waals surface area contributed by atoms with E-state index >= 15 is 0 Å². The van der Waals surface area contributed by atoms with Crippen LogP contribution in [0.5, 0.6) is 0 Å². The average Bonchev–Trinajstić information content (AvgIpc) is 1.50. The van der Waals surface area contributed by atoms with Gasteiger partial charge in [0.1, 0.15) is 0 Å². The maximum absolute atomic E-state index is 2.62. The van der Waals surface area contributed by atoms with Crippen LogP contribution in [0.3, 0.4) is 0 Å². The summed E-state index contributed by atoms with van der Waals surface area (Å²) in [6.07, 6.45) is 5.74. The van der Waals surface area contributed by atoms with Crippen LogP contribution in [0.4, 0.5) is 62.6 Å². The number of nitrogens with zero attached hydrogens (tertiary/aromatic N) is 4. The SMILES string of the molecule is CC(C)c1ccc(N(C2=CC=C3c4ccc(N(c5ccc(C(C)C)cc5)c5ccc(C(C)C)cc5)cc4C4(c5cc(N(c6ccc(C(C)C)cc6)c6ccc(C(C)C)cc6)ccc5-c5ccc(N(c6ccc(C(C)C)cc6)c6ccc(C(C)C)cc6)cc54)C3C2)c2ccc(C(C)C)cc2)cc1. The molecule has 4 heteroatoms. The summed E-state index contributed by atoms with van der Waals surface area (Å²) in [7, 11) is 0. The first kappa shape index (κ1) is 68.2. The van der Waals surface area contributed by atoms with Gasteiger partial charge in [-0.2, -0.15) is 0 Å². The molecule has 1 atom stereocenters. The van der Waals surface area contributed by atoms with Gasteiger partial charge in [-0.1, -0.05) is 232 Å². The Morgan fingerprint density at radius 3 is 0.653 bits per heavy atom. The fourth-order valence-electron chi connectivity index (χ4n) is 16.1. The standard InChI is InChI=1S/C97H102N4/c1-61(2)69-17-33-77(34-18-69)98(78-35-19-70(20-36-78)62(3)4)85-49-53-89-90-54-50-86(99(79-37-21-71(22-38-79)63(5)6)80-39-23-72(24-40-80)64(7)8)58-94(90)97(93(89)57-85)95-59-87(100(81-41-25-73(26-42-81)65(9)10)82-43-27-74(28-44-82)66(11)12)51-55-91(95)92-56-52-88(60-96(92)97)101(83-45-29-75(30-46-83)67(13)14)84-47-31-76(32-48-84)68(15)16/h17-59,61-68,96H,60H2,1-16H3. The van der Waals surface area contributed by atoms with Crippen LogP contribution in [-0.2, 0) is 5.41 Å². The van der Waals surface area contributed by atoms with Crippen molar-refractivity contribution in [2.45, 2.75) is 170 Å². The van der Waals surface area contributed by atoms with Crippen molar-refractivity contribution in [3.63, 3.8) is 0 Å². The molecule has 510 valence electrons. The van der Waals surface area contributed by atoms with Crippen molar-refractivity contribution in [3.8, 4) is 11.1 Å². The second kappa shape index (κ2) is 27.9. The van der Waals surface area contributed by atoms with Gasteiger partial charge in [-0.25, -0.2) is 0 Å². The van der Waals surface area contributed by atoms with E-state index in [2.05, 4.69) is 391 Å². The first-order valence-corrected chi connectivity index (χ1v) is 37.5. The Morgan fingerprint density at radius 1 is 0.228 bits per heavy atom. The number of hydrogen-bond donors (Lipinski definition) is 0. The molecular formula is C97H102N4. The molecule has 14 rings (SSSR count). The van der Waals surface area contributed by atoms with Crippen LogP contribution in [-0.4, -0.2) is 0 Å². The van der Waals surface area contributed by atoms with E-state index in [1.807, 2.05) is 0 Å². The molecule has 0 saturated carbocycles. The highest BCUT2D eigenvalue weighted by atomic mass is 15.2. The van der Waals surface area contributed by atoms with Gasteiger partial charge in [0.15, 0.2) is 0 Å². The molecule has 0 aromatic heterocycles. The van der Waals surface area contributed by atoms with Crippen LogP contribution < -0.4 is 19.6 Å². The second-order valence-corrected chi connectivity index (χ2v) is 31.3. The molecule has 0 saturated heterocycles. The summed E-state index contributed by atoms with van der Waals surface area (Å²) >= 11 is 0. The van der Waals surface area contributed by atoms with Crippen LogP contribution in [0.25, 0.3) is 16.7 Å². The summed E-state index contributed by atoms with van der Waals surface area (Å²) in [5.41, 5.74) is 32.7. The molecule has 101 heavy (non-hydrogen) atoms. The minimum atomic E-state index is -0.750. The summed E-state index contributed by atoms with van der Waals surface area (Å²) in [5, 5.41) is 0. The van der Waals surface area contributed by atoms with Gasteiger partial charge in [-0.15, -0.1) is 0 Å². The van der Waals surface area contributed by atoms with Gasteiger partial charge in [0.25, 0.3) is 0 Å². The zero-order chi connectivity index (χ0) is 70.7. The third-order valence-corrected chi connectivity index (χ3v) is 22.3. The van der Waals surface area contributed by atoms with Crippen molar-refractivity contribution in [1.29, 1.82) is 0 Å². The van der Waals surface area contributed by atoms with Crippen molar-refractivity contribution >= 4 is 68.1 Å². The number of benzene rings is 11. The lowest BCUT2D eigenvalue weighted by Crippen LogP contribution is -2.35. The Balaban J connectivity index is 1.08. The molecule has 1 unspecified atom stereocenters. The minimum Gasteiger partial charge on any atom is -0.314 e. The quantitative estimate of drug-likeness (QED) is 0.0754. The summed E-state index contributed by atoms with van der Waals surface area (Å²) in [6, 6.07) is 97.4. The van der Waals surface area contributed by atoms with Gasteiger partial charge in [0, 0.05) is 74.2 Å². The Bertz CT molecular complexity index is 4450. The average molecular weight is 1320 g/mol. The van der Waals surface area contributed by atoms with E-state index in [4.69, 9.17) is 0 Å². The lowest BCUT2D eigenvalue weighted by Gasteiger charge is -2.40. The second-order valence-electron chi connectivity index (χ2n) is 31.3. The van der Waals surface area contributed by atoms with Crippen LogP contribution in [0.15, 0.2) is 267 Å². The molecule has 0 N–H and O–H groups in total. The van der Waals surface area contributed by atoms with E-state index in [0.717, 1.165) is 69.0 Å². The minimum absolute atomic E-state index is 0.0667. The van der Waals surface area contributed by atoms with E-state index in [9.17, 15) is 0 Å². The predicted molar refractivity (Wildman–Crippen MR) is 434 cm³/mol. The molecule has 4 nitrogen and oxygen atoms in total. The number of allylic oxidation sites excluding steroid dienone is 4. The molecule has 0 bridgehead atoms. The fourth-order valence-corrected chi connectivity index (χ4v) is 16.1. The van der Waals surface area contributed by atoms with Gasteiger partial charge in [0.05, 0.1) is 5.41 Å². The summed E-state index contributed by atoms with van der Waals surface area (Å²) in [5.74, 6) is 3.12. The predicted octanol–water partition coefficient (Wildman–Crippen LogP) is 28.5. The van der Waals surface area contributed by atoms with Crippen molar-refractivity contribution in [1.82, 2.24) is 0 Å². The third kappa shape index (κ3) is 12.8. The van der Waals surface area contributed by atoms with E-state index in [1.54, 1.807) is 0 Å². The van der Waals surface area contributed by atoms with Crippen molar-refractivity contribution in [3.05, 3.63) is 333 Å². The molecule has 0 heterocycles. The maximum Gasteiger partial charge on any atom is 0.0544 e. The maximum atomic E-state index is 2.62. The highest BCUT2D eigenvalue weighted by Gasteiger charge is 2.58. The molecule has 1 spiro atoms. The number of rotatable bonds is 20. The Morgan fingerprint density at radius 2 is 0.426 bits per heavy atom. The van der Waals surface area contributed by atoms with Crippen LogP contribution in [0.2, 0.25) is 0 Å². The molecule has 0 amide bonds. The van der Waals surface area contributed by atoms with Crippen molar-refractivity contribution in [2.75, 3.05) is 19.6 Å². The lowest BCUT2D eigenvalue weighted by atomic mass is 9.64. The summed E-state index contributed by atoms with van der Waals surface area (Å²) < 4.78 is 0. The topological polar surface area (TPSA) is 13.0 Å². The number of fused-ring (bicyclic) bond motifs is 10. The van der Waals surface area contributed by atoms with E-state index in [0.29, 0.717) is 47.3 Å². The number of anilines is 11. The molecule has 3 aliphatic rings. The molecule has 0 aliphatic heterocycles. The number of hydrogen-bond acceptors (Lipinski definition) is 4. The summed E-state index contributed by atoms with van der Waals surface area (Å²) in [6.45, 7) is 36.7. The van der Waals surface area contributed by atoms with Gasteiger partial charge < -0.3 is 19.6 Å². The van der Waals surface area contributed by atoms with E-state index < -0.39 is 5.41 Å². The highest BCUT2D eigenvalue weighted by Crippen LogP contribution is 2.68. The van der Waals surface area contributed by atoms with Crippen molar-refractivity contribution < 1.29 is 0 Å². The van der Waals surface area contributed by atoms with Gasteiger partial charge >= 0.3 is 0 Å². The Kier molecular flexibility index (Phi) is 18.9. The first-order chi connectivity index (χ1) is 48.7. The molecule has 11 aromatic carbocycles. The molecular weight excluding hydrogens is 1220 g/mol. The van der Waals surface area contributed by atoms with Crippen LogP contribution >= 0.6 is 0 Å². The lowest BCUT2D eigenvalue weighted by molar-refractivity contribution is 0.483. The normalized spacial score (nSPS) is 14.3. The highest BCUT2D eigenvalue weighted by molar-refractivity contribution is 5.97. The zero-order valence-corrected chi connectivity index (χ0v) is 62.5. The Hall–Kier alpha value is -9.90. The zero-order valence-electron chi connectivity index (χ0n) is 62.5.